The van der Waals surface area contributed by atoms with E-state index >= 15 is 0 Å². The Morgan fingerprint density at radius 2 is 1.92 bits per heavy atom. The van der Waals surface area contributed by atoms with Gasteiger partial charge >= 0.3 is 0 Å². The first-order valence-electron chi connectivity index (χ1n) is 9.00. The molecule has 0 unspecified atom stereocenters. The average molecular weight is 466 g/mol. The number of nitrogens with zero attached hydrogens (tertiary/aromatic N) is 3. The van der Waals surface area contributed by atoms with E-state index in [2.05, 4.69) is 34.3 Å². The molecule has 0 atom stereocenters. The summed E-state index contributed by atoms with van der Waals surface area (Å²) in [6.07, 6.45) is 4.29. The van der Waals surface area contributed by atoms with E-state index in [4.69, 9.17) is 9.73 Å². The Kier molecular flexibility index (Phi) is 8.67. The number of aromatic nitrogens is 1. The first-order chi connectivity index (χ1) is 12.3. The molecule has 1 aliphatic rings. The van der Waals surface area contributed by atoms with Crippen molar-refractivity contribution in [2.24, 2.45) is 4.99 Å². The lowest BCUT2D eigenvalue weighted by Crippen LogP contribution is -2.39. The van der Waals surface area contributed by atoms with E-state index in [1.165, 1.54) is 18.4 Å². The minimum absolute atomic E-state index is 0. The lowest BCUT2D eigenvalue weighted by molar-refractivity contribution is 0.301. The lowest BCUT2D eigenvalue weighted by Gasteiger charge is -2.20. The number of likely N-dealkylation sites (tertiary alicyclic amines) is 1. The summed E-state index contributed by atoms with van der Waals surface area (Å²) < 4.78 is 5.77. The highest BCUT2D eigenvalue weighted by molar-refractivity contribution is 14.0. The fourth-order valence-corrected chi connectivity index (χ4v) is 2.85. The van der Waals surface area contributed by atoms with Crippen LogP contribution in [0.3, 0.4) is 0 Å². The SMILES string of the molecule is CCNC(=NCc1ccc(OCc2ccccn2)cc1)N1CCCC1.I. The largest absolute Gasteiger partial charge is 0.487 e. The molecule has 26 heavy (non-hydrogen) atoms. The minimum atomic E-state index is 0. The van der Waals surface area contributed by atoms with Gasteiger partial charge in [0.05, 0.1) is 12.2 Å². The lowest BCUT2D eigenvalue weighted by atomic mass is 10.2. The smallest absolute Gasteiger partial charge is 0.194 e. The second-order valence-electron chi connectivity index (χ2n) is 6.12. The van der Waals surface area contributed by atoms with Crippen molar-refractivity contribution < 1.29 is 4.74 Å². The van der Waals surface area contributed by atoms with E-state index in [0.29, 0.717) is 13.2 Å². The quantitative estimate of drug-likeness (QED) is 0.400. The summed E-state index contributed by atoms with van der Waals surface area (Å²) in [5, 5.41) is 3.39. The van der Waals surface area contributed by atoms with Crippen LogP contribution >= 0.6 is 24.0 Å². The van der Waals surface area contributed by atoms with Crippen molar-refractivity contribution in [3.8, 4) is 5.75 Å². The van der Waals surface area contributed by atoms with E-state index in [1.807, 2.05) is 30.3 Å². The average Bonchev–Trinajstić information content (AvgIpc) is 3.20. The summed E-state index contributed by atoms with van der Waals surface area (Å²) in [6.45, 7) is 6.38. The Balaban J connectivity index is 0.00000243. The highest BCUT2D eigenvalue weighted by Gasteiger charge is 2.15. The Labute approximate surface area is 172 Å². The van der Waals surface area contributed by atoms with Gasteiger partial charge < -0.3 is 15.0 Å². The molecule has 2 heterocycles. The fraction of sp³-hybridized carbons (Fsp3) is 0.400. The zero-order valence-electron chi connectivity index (χ0n) is 15.2. The van der Waals surface area contributed by atoms with Crippen molar-refractivity contribution in [2.45, 2.75) is 32.9 Å². The Hall–Kier alpha value is -1.83. The summed E-state index contributed by atoms with van der Waals surface area (Å²) in [6, 6.07) is 14.0. The van der Waals surface area contributed by atoms with Crippen LogP contribution in [0.1, 0.15) is 31.0 Å². The first-order valence-corrected chi connectivity index (χ1v) is 9.00. The van der Waals surface area contributed by atoms with Crippen LogP contribution in [0.5, 0.6) is 5.75 Å². The molecule has 1 aromatic heterocycles. The summed E-state index contributed by atoms with van der Waals surface area (Å²) in [7, 11) is 0. The van der Waals surface area contributed by atoms with Crippen molar-refractivity contribution >= 4 is 29.9 Å². The highest BCUT2D eigenvalue weighted by Crippen LogP contribution is 2.15. The molecule has 0 bridgehead atoms. The molecule has 0 spiro atoms. The first kappa shape index (κ1) is 20.5. The van der Waals surface area contributed by atoms with E-state index in [9.17, 15) is 0 Å². The van der Waals surface area contributed by atoms with Crippen LogP contribution in [0.15, 0.2) is 53.7 Å². The third-order valence-electron chi connectivity index (χ3n) is 4.19. The molecule has 1 N–H and O–H groups in total. The molecule has 1 aliphatic heterocycles. The maximum Gasteiger partial charge on any atom is 0.194 e. The van der Waals surface area contributed by atoms with Crippen LogP contribution in [0.25, 0.3) is 0 Å². The summed E-state index contributed by atoms with van der Waals surface area (Å²) in [5.74, 6) is 1.88. The number of ether oxygens (including phenoxy) is 1. The van der Waals surface area contributed by atoms with E-state index in [-0.39, 0.29) is 24.0 Å². The van der Waals surface area contributed by atoms with Crippen molar-refractivity contribution in [1.82, 2.24) is 15.2 Å². The molecule has 1 aromatic carbocycles. The second-order valence-corrected chi connectivity index (χ2v) is 6.12. The minimum Gasteiger partial charge on any atom is -0.487 e. The van der Waals surface area contributed by atoms with Crippen molar-refractivity contribution in [1.29, 1.82) is 0 Å². The van der Waals surface area contributed by atoms with E-state index in [1.54, 1.807) is 6.20 Å². The van der Waals surface area contributed by atoms with Crippen molar-refractivity contribution in [3.05, 3.63) is 59.9 Å². The molecule has 0 radical (unpaired) electrons. The van der Waals surface area contributed by atoms with E-state index < -0.39 is 0 Å². The van der Waals surface area contributed by atoms with Crippen LogP contribution < -0.4 is 10.1 Å². The highest BCUT2D eigenvalue weighted by atomic mass is 127. The van der Waals surface area contributed by atoms with Gasteiger partial charge in [0.2, 0.25) is 0 Å². The third kappa shape index (κ3) is 6.16. The molecule has 1 saturated heterocycles. The number of guanidine groups is 1. The number of pyridine rings is 1. The molecule has 140 valence electrons. The van der Waals surface area contributed by atoms with Gasteiger partial charge in [-0.05, 0) is 49.6 Å². The molecule has 0 aliphatic carbocycles. The van der Waals surface area contributed by atoms with Gasteiger partial charge in [0.1, 0.15) is 12.4 Å². The van der Waals surface area contributed by atoms with Gasteiger partial charge in [-0.25, -0.2) is 4.99 Å². The Bertz CT molecular complexity index is 670. The number of hydrogen-bond donors (Lipinski definition) is 1. The number of nitrogens with one attached hydrogen (secondary N) is 1. The summed E-state index contributed by atoms with van der Waals surface area (Å²) >= 11 is 0. The molecule has 0 amide bonds. The molecule has 2 aromatic rings. The second kappa shape index (κ2) is 11.0. The van der Waals surface area contributed by atoms with Crippen LogP contribution in [-0.2, 0) is 13.2 Å². The number of aliphatic imine (C=N–C) groups is 1. The van der Waals surface area contributed by atoms with Crippen LogP contribution in [0, 0.1) is 0 Å². The molecule has 6 heteroatoms. The number of benzene rings is 1. The molecular formula is C20H27IN4O. The van der Waals surface area contributed by atoms with E-state index in [0.717, 1.165) is 37.0 Å². The topological polar surface area (TPSA) is 49.8 Å². The Morgan fingerprint density at radius 1 is 1.15 bits per heavy atom. The maximum absolute atomic E-state index is 5.77. The zero-order valence-corrected chi connectivity index (χ0v) is 17.6. The van der Waals surface area contributed by atoms with Crippen LogP contribution in [-0.4, -0.2) is 35.5 Å². The van der Waals surface area contributed by atoms with Gasteiger partial charge in [0.25, 0.3) is 0 Å². The third-order valence-corrected chi connectivity index (χ3v) is 4.19. The van der Waals surface area contributed by atoms with Gasteiger partial charge in [0.15, 0.2) is 5.96 Å². The fourth-order valence-electron chi connectivity index (χ4n) is 2.85. The Morgan fingerprint density at radius 3 is 2.58 bits per heavy atom. The van der Waals surface area contributed by atoms with Crippen LogP contribution in [0.4, 0.5) is 0 Å². The molecular weight excluding hydrogens is 439 g/mol. The van der Waals surface area contributed by atoms with Crippen LogP contribution in [0.2, 0.25) is 0 Å². The molecule has 3 rings (SSSR count). The summed E-state index contributed by atoms with van der Waals surface area (Å²) in [4.78, 5) is 11.4. The molecule has 0 saturated carbocycles. The van der Waals surface area contributed by atoms with Gasteiger partial charge in [-0.2, -0.15) is 0 Å². The van der Waals surface area contributed by atoms with Crippen molar-refractivity contribution in [3.63, 3.8) is 0 Å². The van der Waals surface area contributed by atoms with Gasteiger partial charge in [-0.15, -0.1) is 24.0 Å². The zero-order chi connectivity index (χ0) is 17.3. The predicted molar refractivity (Wildman–Crippen MR) is 116 cm³/mol. The number of halogens is 1. The maximum atomic E-state index is 5.77. The predicted octanol–water partition coefficient (Wildman–Crippen LogP) is 3.84. The number of hydrogen-bond acceptors (Lipinski definition) is 3. The molecule has 5 nitrogen and oxygen atoms in total. The molecule has 1 fully saturated rings. The summed E-state index contributed by atoms with van der Waals surface area (Å²) in [5.41, 5.74) is 2.11. The van der Waals surface area contributed by atoms with Crippen molar-refractivity contribution in [2.75, 3.05) is 19.6 Å². The van der Waals surface area contributed by atoms with Gasteiger partial charge in [0, 0.05) is 25.8 Å². The normalized spacial score (nSPS) is 14.0. The monoisotopic (exact) mass is 466 g/mol. The standard InChI is InChI=1S/C20H26N4O.HI/c1-2-21-20(24-13-5-6-14-24)23-15-17-8-10-19(11-9-17)25-16-18-7-3-4-12-22-18;/h3-4,7-12H,2,5-6,13-16H2,1H3,(H,21,23);1H. The van der Waals surface area contributed by atoms with Gasteiger partial charge in [-0.1, -0.05) is 18.2 Å². The van der Waals surface area contributed by atoms with Gasteiger partial charge in [-0.3, -0.25) is 4.98 Å². The number of rotatable bonds is 6.